The number of hydrogen-bond donors (Lipinski definition) is 2. The molecule has 4 N–H and O–H groups in total. The summed E-state index contributed by atoms with van der Waals surface area (Å²) in [5.41, 5.74) is 19.4. The Balaban J connectivity index is 2.22. The lowest BCUT2D eigenvalue weighted by atomic mass is 9.81. The fourth-order valence-electron chi connectivity index (χ4n) is 3.23. The molecule has 0 bridgehead atoms. The molecule has 0 amide bonds. The van der Waals surface area contributed by atoms with Gasteiger partial charge in [0.15, 0.2) is 0 Å². The van der Waals surface area contributed by atoms with Crippen LogP contribution in [0.15, 0.2) is 60.7 Å². The molecule has 0 atom stereocenters. The molecule has 0 aliphatic rings. The zero-order valence-electron chi connectivity index (χ0n) is 13.9. The van der Waals surface area contributed by atoms with E-state index in [1.54, 1.807) is 0 Å². The van der Waals surface area contributed by atoms with Crippen LogP contribution in [0.1, 0.15) is 33.7 Å². The van der Waals surface area contributed by atoms with Crippen molar-refractivity contribution < 1.29 is 0 Å². The number of anilines is 2. The predicted molar refractivity (Wildman–Crippen MR) is 104 cm³/mol. The first-order valence-corrected chi connectivity index (χ1v) is 8.31. The summed E-state index contributed by atoms with van der Waals surface area (Å²) in [5, 5.41) is 0.737. The number of nitrogen functional groups attached to an aromatic ring is 2. The molecule has 3 aromatic rings. The first kappa shape index (κ1) is 16.4. The van der Waals surface area contributed by atoms with Gasteiger partial charge in [0.2, 0.25) is 0 Å². The largest absolute Gasteiger partial charge is 0.399 e. The number of nitrogens with two attached hydrogens (primary N) is 2. The molecule has 0 radical (unpaired) electrons. The third kappa shape index (κ3) is 3.24. The molecule has 0 fully saturated rings. The molecule has 0 spiro atoms. The van der Waals surface area contributed by atoms with E-state index in [0.717, 1.165) is 16.4 Å². The number of hydrogen-bond acceptors (Lipinski definition) is 2. The van der Waals surface area contributed by atoms with Crippen molar-refractivity contribution >= 4 is 23.0 Å². The van der Waals surface area contributed by atoms with E-state index in [0.29, 0.717) is 0 Å². The van der Waals surface area contributed by atoms with Crippen molar-refractivity contribution in [3.05, 3.63) is 93.5 Å². The van der Waals surface area contributed by atoms with Crippen LogP contribution in [0.5, 0.6) is 0 Å². The third-order valence-corrected chi connectivity index (χ3v) is 4.67. The quantitative estimate of drug-likeness (QED) is 0.503. The second-order valence-electron chi connectivity index (χ2n) is 6.22. The Kier molecular flexibility index (Phi) is 4.50. The van der Waals surface area contributed by atoms with E-state index in [4.69, 9.17) is 23.1 Å². The molecular formula is C21H21ClN2. The van der Waals surface area contributed by atoms with Crippen molar-refractivity contribution in [1.82, 2.24) is 0 Å². The van der Waals surface area contributed by atoms with Gasteiger partial charge < -0.3 is 11.5 Å². The van der Waals surface area contributed by atoms with Crippen LogP contribution in [0, 0.1) is 13.8 Å². The second kappa shape index (κ2) is 6.58. The van der Waals surface area contributed by atoms with E-state index in [9.17, 15) is 0 Å². The maximum Gasteiger partial charge on any atom is 0.0406 e. The van der Waals surface area contributed by atoms with Gasteiger partial charge in [-0.3, -0.25) is 0 Å². The summed E-state index contributed by atoms with van der Waals surface area (Å²) in [6, 6.07) is 20.2. The van der Waals surface area contributed by atoms with Crippen molar-refractivity contribution in [2.45, 2.75) is 19.8 Å². The molecule has 0 heterocycles. The van der Waals surface area contributed by atoms with Crippen LogP contribution < -0.4 is 11.5 Å². The van der Waals surface area contributed by atoms with Crippen LogP contribution in [-0.4, -0.2) is 0 Å². The zero-order chi connectivity index (χ0) is 17.3. The topological polar surface area (TPSA) is 52.0 Å². The fourth-order valence-corrected chi connectivity index (χ4v) is 3.35. The van der Waals surface area contributed by atoms with Gasteiger partial charge in [-0.15, -0.1) is 0 Å². The molecule has 122 valence electrons. The molecule has 0 aliphatic carbocycles. The first-order valence-electron chi connectivity index (χ1n) is 7.93. The van der Waals surface area contributed by atoms with Crippen LogP contribution in [0.3, 0.4) is 0 Å². The van der Waals surface area contributed by atoms with Gasteiger partial charge in [0.1, 0.15) is 0 Å². The normalized spacial score (nSPS) is 11.0. The maximum atomic E-state index is 6.08. The van der Waals surface area contributed by atoms with Gasteiger partial charge in [0.05, 0.1) is 0 Å². The summed E-state index contributed by atoms with van der Waals surface area (Å²) in [6.45, 7) is 4.20. The maximum absolute atomic E-state index is 6.08. The highest BCUT2D eigenvalue weighted by Crippen LogP contribution is 2.37. The van der Waals surface area contributed by atoms with Crippen molar-refractivity contribution in [3.63, 3.8) is 0 Å². The van der Waals surface area contributed by atoms with E-state index in [2.05, 4.69) is 38.1 Å². The van der Waals surface area contributed by atoms with Gasteiger partial charge >= 0.3 is 0 Å². The summed E-state index contributed by atoms with van der Waals surface area (Å²) >= 11 is 6.08. The lowest BCUT2D eigenvalue weighted by Gasteiger charge is -2.23. The highest BCUT2D eigenvalue weighted by molar-refractivity contribution is 6.30. The third-order valence-electron chi connectivity index (χ3n) is 4.41. The smallest absolute Gasteiger partial charge is 0.0406 e. The van der Waals surface area contributed by atoms with E-state index < -0.39 is 0 Å². The van der Waals surface area contributed by atoms with E-state index in [1.165, 1.54) is 27.8 Å². The summed E-state index contributed by atoms with van der Waals surface area (Å²) in [7, 11) is 0. The molecule has 2 nitrogen and oxygen atoms in total. The highest BCUT2D eigenvalue weighted by Gasteiger charge is 2.20. The van der Waals surface area contributed by atoms with Gasteiger partial charge in [0, 0.05) is 22.3 Å². The highest BCUT2D eigenvalue weighted by atomic mass is 35.5. The molecule has 0 aromatic heterocycles. The molecule has 3 aromatic carbocycles. The van der Waals surface area contributed by atoms with Gasteiger partial charge in [0.25, 0.3) is 0 Å². The van der Waals surface area contributed by atoms with Crippen LogP contribution >= 0.6 is 11.6 Å². The monoisotopic (exact) mass is 336 g/mol. The Hall–Kier alpha value is -2.45. The van der Waals surface area contributed by atoms with Gasteiger partial charge in [-0.05, 0) is 78.1 Å². The summed E-state index contributed by atoms with van der Waals surface area (Å²) in [6.07, 6.45) is 0. The fraction of sp³-hybridized carbons (Fsp3) is 0.143. The molecule has 3 heteroatoms. The molecule has 0 saturated carbocycles. The standard InChI is InChI=1S/C21H21ClN2/c1-13-11-17(23)7-9-19(13)21(15-3-5-16(22)6-4-15)20-10-8-18(24)12-14(20)2/h3-12,21H,23-24H2,1-2H3. The number of rotatable bonds is 3. The van der Waals surface area contributed by atoms with Crippen molar-refractivity contribution in [3.8, 4) is 0 Å². The minimum absolute atomic E-state index is 0.114. The summed E-state index contributed by atoms with van der Waals surface area (Å²) in [4.78, 5) is 0. The van der Waals surface area contributed by atoms with E-state index in [1.807, 2.05) is 36.4 Å². The van der Waals surface area contributed by atoms with Crippen molar-refractivity contribution in [2.24, 2.45) is 0 Å². The van der Waals surface area contributed by atoms with Crippen molar-refractivity contribution in [1.29, 1.82) is 0 Å². The number of halogens is 1. The zero-order valence-corrected chi connectivity index (χ0v) is 14.6. The minimum atomic E-state index is 0.114. The SMILES string of the molecule is Cc1cc(N)ccc1C(c1ccc(Cl)cc1)c1ccc(N)cc1C. The Morgan fingerprint density at radius 2 is 1.17 bits per heavy atom. The molecule has 0 aliphatic heterocycles. The van der Waals surface area contributed by atoms with Gasteiger partial charge in [-0.2, -0.15) is 0 Å². The lowest BCUT2D eigenvalue weighted by molar-refractivity contribution is 0.950. The minimum Gasteiger partial charge on any atom is -0.399 e. The van der Waals surface area contributed by atoms with Gasteiger partial charge in [-0.25, -0.2) is 0 Å². The van der Waals surface area contributed by atoms with Crippen molar-refractivity contribution in [2.75, 3.05) is 11.5 Å². The average Bonchev–Trinajstić information content (AvgIpc) is 2.53. The first-order chi connectivity index (χ1) is 11.5. The Bertz CT molecular complexity index is 818. The summed E-state index contributed by atoms with van der Waals surface area (Å²) < 4.78 is 0. The lowest BCUT2D eigenvalue weighted by Crippen LogP contribution is -2.08. The van der Waals surface area contributed by atoms with Crippen LogP contribution in [0.2, 0.25) is 5.02 Å². The molecule has 0 saturated heterocycles. The predicted octanol–water partition coefficient (Wildman–Crippen LogP) is 5.30. The number of benzene rings is 3. The molecule has 24 heavy (non-hydrogen) atoms. The number of aryl methyl sites for hydroxylation is 2. The van der Waals surface area contributed by atoms with Gasteiger partial charge in [-0.1, -0.05) is 35.9 Å². The average molecular weight is 337 g/mol. The molecule has 0 unspecified atom stereocenters. The van der Waals surface area contributed by atoms with Crippen LogP contribution in [0.4, 0.5) is 11.4 Å². The molecule has 3 rings (SSSR count). The van der Waals surface area contributed by atoms with Crippen LogP contribution in [-0.2, 0) is 0 Å². The molecular weight excluding hydrogens is 316 g/mol. The van der Waals surface area contributed by atoms with E-state index in [-0.39, 0.29) is 5.92 Å². The van der Waals surface area contributed by atoms with E-state index >= 15 is 0 Å². The van der Waals surface area contributed by atoms with Crippen LogP contribution in [0.25, 0.3) is 0 Å². The second-order valence-corrected chi connectivity index (χ2v) is 6.65. The Morgan fingerprint density at radius 3 is 1.58 bits per heavy atom. The summed E-state index contributed by atoms with van der Waals surface area (Å²) in [5.74, 6) is 0.114. The Labute approximate surface area is 148 Å². The Morgan fingerprint density at radius 1 is 0.708 bits per heavy atom.